The van der Waals surface area contributed by atoms with E-state index in [-0.39, 0.29) is 18.1 Å². The minimum Gasteiger partial charge on any atom is -0.396 e. The maximum atomic E-state index is 11.8. The predicted octanol–water partition coefficient (Wildman–Crippen LogP) is 2.97. The summed E-state index contributed by atoms with van der Waals surface area (Å²) in [6.45, 7) is 7.23. The second-order valence-corrected chi connectivity index (χ2v) is 6.66. The number of aliphatic hydroxyl groups is 1. The first-order valence-corrected chi connectivity index (χ1v) is 7.51. The van der Waals surface area contributed by atoms with Gasteiger partial charge in [-0.3, -0.25) is 0 Å². The summed E-state index contributed by atoms with van der Waals surface area (Å²) in [5.74, 6) is 0. The molecule has 0 fully saturated rings. The number of amides is 2. The fourth-order valence-corrected chi connectivity index (χ4v) is 2.28. The van der Waals surface area contributed by atoms with Crippen molar-refractivity contribution in [2.75, 3.05) is 13.2 Å². The van der Waals surface area contributed by atoms with Crippen molar-refractivity contribution in [1.82, 2.24) is 10.6 Å². The van der Waals surface area contributed by atoms with E-state index in [2.05, 4.69) is 26.6 Å². The molecular weight excluding hydrogens is 320 g/mol. The number of aliphatic hydroxyl groups excluding tert-OH is 1. The smallest absolute Gasteiger partial charge is 0.315 e. The number of carbonyl (C=O) groups is 1. The molecule has 0 saturated heterocycles. The van der Waals surface area contributed by atoms with Crippen LogP contribution in [0.3, 0.4) is 0 Å². The fraction of sp³-hybridized carbons (Fsp3) is 0.533. The molecule has 1 rings (SSSR count). The Balaban J connectivity index is 2.40. The van der Waals surface area contributed by atoms with Crippen molar-refractivity contribution >= 4 is 22.0 Å². The number of hydrogen-bond donors (Lipinski definition) is 3. The third-order valence-electron chi connectivity index (χ3n) is 3.26. The molecule has 112 valence electrons. The first-order chi connectivity index (χ1) is 9.34. The average Bonchev–Trinajstić information content (AvgIpc) is 2.35. The molecule has 0 heterocycles. The molecule has 0 bridgehead atoms. The standard InChI is InChI=1S/C15H23BrN2O2/c1-11-8-13(16)5-4-12(11)9-17-14(20)18-10-15(2,3)6-7-19/h4-5,8,19H,6-7,9-10H2,1-3H3,(H2,17,18,20). The molecule has 0 aliphatic heterocycles. The van der Waals surface area contributed by atoms with E-state index in [1.54, 1.807) is 0 Å². The second kappa shape index (κ2) is 7.64. The molecule has 3 N–H and O–H groups in total. The number of benzene rings is 1. The lowest BCUT2D eigenvalue weighted by atomic mass is 9.90. The Labute approximate surface area is 129 Å². The van der Waals surface area contributed by atoms with Crippen molar-refractivity contribution in [2.45, 2.75) is 33.7 Å². The second-order valence-electron chi connectivity index (χ2n) is 5.74. The van der Waals surface area contributed by atoms with Crippen LogP contribution in [0.15, 0.2) is 22.7 Å². The lowest BCUT2D eigenvalue weighted by Gasteiger charge is -2.23. The maximum absolute atomic E-state index is 11.8. The Kier molecular flexibility index (Phi) is 6.49. The number of nitrogens with one attached hydrogen (secondary N) is 2. The summed E-state index contributed by atoms with van der Waals surface area (Å²) >= 11 is 3.42. The van der Waals surface area contributed by atoms with E-state index in [0.717, 1.165) is 15.6 Å². The first kappa shape index (κ1) is 17.0. The zero-order valence-corrected chi connectivity index (χ0v) is 13.9. The van der Waals surface area contributed by atoms with Crippen LogP contribution in [0.2, 0.25) is 0 Å². The van der Waals surface area contributed by atoms with Gasteiger partial charge in [0, 0.05) is 24.2 Å². The summed E-state index contributed by atoms with van der Waals surface area (Å²) in [5, 5.41) is 14.6. The van der Waals surface area contributed by atoms with Crippen molar-refractivity contribution in [3.63, 3.8) is 0 Å². The monoisotopic (exact) mass is 342 g/mol. The van der Waals surface area contributed by atoms with E-state index in [0.29, 0.717) is 19.5 Å². The van der Waals surface area contributed by atoms with Crippen LogP contribution in [0.4, 0.5) is 4.79 Å². The van der Waals surface area contributed by atoms with Gasteiger partial charge in [0.15, 0.2) is 0 Å². The fourth-order valence-electron chi connectivity index (χ4n) is 1.81. The minimum absolute atomic E-state index is 0.0976. The van der Waals surface area contributed by atoms with E-state index in [1.807, 2.05) is 39.0 Å². The Hall–Kier alpha value is -1.07. The van der Waals surface area contributed by atoms with Crippen LogP contribution in [-0.2, 0) is 6.54 Å². The highest BCUT2D eigenvalue weighted by Crippen LogP contribution is 2.18. The van der Waals surface area contributed by atoms with E-state index >= 15 is 0 Å². The van der Waals surface area contributed by atoms with Crippen LogP contribution < -0.4 is 10.6 Å². The molecule has 0 atom stereocenters. The molecule has 1 aromatic rings. The lowest BCUT2D eigenvalue weighted by Crippen LogP contribution is -2.40. The number of rotatable bonds is 6. The van der Waals surface area contributed by atoms with Gasteiger partial charge >= 0.3 is 6.03 Å². The van der Waals surface area contributed by atoms with Crippen LogP contribution in [0.25, 0.3) is 0 Å². The molecule has 0 saturated carbocycles. The highest BCUT2D eigenvalue weighted by atomic mass is 79.9. The highest BCUT2D eigenvalue weighted by molar-refractivity contribution is 9.10. The molecule has 0 aliphatic rings. The van der Waals surface area contributed by atoms with E-state index in [1.165, 1.54) is 0 Å². The summed E-state index contributed by atoms with van der Waals surface area (Å²) in [4.78, 5) is 11.8. The molecule has 1 aromatic carbocycles. The van der Waals surface area contributed by atoms with E-state index in [4.69, 9.17) is 5.11 Å². The SMILES string of the molecule is Cc1cc(Br)ccc1CNC(=O)NCC(C)(C)CCO. The largest absolute Gasteiger partial charge is 0.396 e. The Morgan fingerprint density at radius 3 is 2.65 bits per heavy atom. The highest BCUT2D eigenvalue weighted by Gasteiger charge is 2.17. The van der Waals surface area contributed by atoms with Gasteiger partial charge in [0.25, 0.3) is 0 Å². The average molecular weight is 343 g/mol. The van der Waals surface area contributed by atoms with Gasteiger partial charge in [-0.2, -0.15) is 0 Å². The molecule has 5 heteroatoms. The van der Waals surface area contributed by atoms with Crippen molar-refractivity contribution < 1.29 is 9.90 Å². The molecule has 4 nitrogen and oxygen atoms in total. The van der Waals surface area contributed by atoms with Gasteiger partial charge < -0.3 is 15.7 Å². The molecule has 0 radical (unpaired) electrons. The van der Waals surface area contributed by atoms with Gasteiger partial charge in [-0.15, -0.1) is 0 Å². The summed E-state index contributed by atoms with van der Waals surface area (Å²) in [5.41, 5.74) is 2.14. The van der Waals surface area contributed by atoms with Crippen LogP contribution in [0.5, 0.6) is 0 Å². The van der Waals surface area contributed by atoms with E-state index < -0.39 is 0 Å². The number of halogens is 1. The molecule has 20 heavy (non-hydrogen) atoms. The van der Waals surface area contributed by atoms with Crippen molar-refractivity contribution in [3.8, 4) is 0 Å². The van der Waals surface area contributed by atoms with Crippen molar-refractivity contribution in [1.29, 1.82) is 0 Å². The number of carbonyl (C=O) groups excluding carboxylic acids is 1. The van der Waals surface area contributed by atoms with E-state index in [9.17, 15) is 4.79 Å². The van der Waals surface area contributed by atoms with Gasteiger partial charge in [-0.1, -0.05) is 35.8 Å². The summed E-state index contributed by atoms with van der Waals surface area (Å²) in [6.07, 6.45) is 0.666. The van der Waals surface area contributed by atoms with Gasteiger partial charge in [0.2, 0.25) is 0 Å². The predicted molar refractivity (Wildman–Crippen MR) is 84.6 cm³/mol. The Morgan fingerprint density at radius 2 is 2.05 bits per heavy atom. The zero-order valence-electron chi connectivity index (χ0n) is 12.3. The Morgan fingerprint density at radius 1 is 1.35 bits per heavy atom. The minimum atomic E-state index is -0.182. The Bertz CT molecular complexity index is 461. The molecule has 0 aromatic heterocycles. The van der Waals surface area contributed by atoms with Gasteiger partial charge in [0.1, 0.15) is 0 Å². The third-order valence-corrected chi connectivity index (χ3v) is 3.75. The van der Waals surface area contributed by atoms with Crippen LogP contribution in [0.1, 0.15) is 31.4 Å². The molecular formula is C15H23BrN2O2. The lowest BCUT2D eigenvalue weighted by molar-refractivity contribution is 0.201. The third kappa shape index (κ3) is 5.92. The zero-order chi connectivity index (χ0) is 15.2. The maximum Gasteiger partial charge on any atom is 0.315 e. The van der Waals surface area contributed by atoms with Gasteiger partial charge in [-0.25, -0.2) is 4.79 Å². The van der Waals surface area contributed by atoms with Crippen LogP contribution in [-0.4, -0.2) is 24.3 Å². The summed E-state index contributed by atoms with van der Waals surface area (Å²) in [6, 6.07) is 5.80. The first-order valence-electron chi connectivity index (χ1n) is 6.72. The van der Waals surface area contributed by atoms with Crippen LogP contribution in [0, 0.1) is 12.3 Å². The van der Waals surface area contributed by atoms with Gasteiger partial charge in [-0.05, 0) is 42.0 Å². The molecule has 2 amide bonds. The molecule has 0 unspecified atom stereocenters. The summed E-state index contributed by atoms with van der Waals surface area (Å²) < 4.78 is 1.04. The number of urea groups is 1. The molecule has 0 aliphatic carbocycles. The van der Waals surface area contributed by atoms with Gasteiger partial charge in [0.05, 0.1) is 0 Å². The van der Waals surface area contributed by atoms with Crippen LogP contribution >= 0.6 is 15.9 Å². The molecule has 0 spiro atoms. The van der Waals surface area contributed by atoms with Crippen molar-refractivity contribution in [2.24, 2.45) is 5.41 Å². The van der Waals surface area contributed by atoms with Crippen molar-refractivity contribution in [3.05, 3.63) is 33.8 Å². The topological polar surface area (TPSA) is 61.4 Å². The quantitative estimate of drug-likeness (QED) is 0.744. The summed E-state index contributed by atoms with van der Waals surface area (Å²) in [7, 11) is 0. The number of hydrogen-bond acceptors (Lipinski definition) is 2. The normalized spacial score (nSPS) is 11.2. The number of aryl methyl sites for hydroxylation is 1.